The molecule has 4 nitrogen and oxygen atoms in total. The summed E-state index contributed by atoms with van der Waals surface area (Å²) < 4.78 is 10.7. The van der Waals surface area contributed by atoms with Crippen LogP contribution in [-0.4, -0.2) is 20.3 Å². The minimum Gasteiger partial charge on any atom is -0.497 e. The molecule has 0 aliphatic carbocycles. The van der Waals surface area contributed by atoms with Crippen LogP contribution in [0.5, 0.6) is 5.75 Å². The third-order valence-electron chi connectivity index (χ3n) is 3.40. The molecule has 1 amide bonds. The maximum absolute atomic E-state index is 11.9. The smallest absolute Gasteiger partial charge is 0.419 e. The first-order valence-corrected chi connectivity index (χ1v) is 6.60. The fourth-order valence-electron chi connectivity index (χ4n) is 2.26. The van der Waals surface area contributed by atoms with E-state index in [2.05, 4.69) is 0 Å². The first kappa shape index (κ1) is 13.2. The zero-order chi connectivity index (χ0) is 14.8. The van der Waals surface area contributed by atoms with Gasteiger partial charge in [0.2, 0.25) is 0 Å². The number of hydrogen-bond donors (Lipinski definition) is 0. The number of anilines is 1. The Kier molecular flexibility index (Phi) is 3.36. The minimum atomic E-state index is -0.394. The van der Waals surface area contributed by atoms with Crippen LogP contribution < -0.4 is 9.64 Å². The normalized spacial score (nSPS) is 15.6. The van der Waals surface area contributed by atoms with E-state index < -0.39 is 6.09 Å². The number of carbonyl (C=O) groups excluding carboxylic acids is 1. The molecule has 0 spiro atoms. The lowest BCUT2D eigenvalue weighted by molar-refractivity contribution is 0.199. The van der Waals surface area contributed by atoms with Crippen molar-refractivity contribution in [1.29, 1.82) is 0 Å². The number of amides is 1. The molecular formula is C17H15NO3. The monoisotopic (exact) mass is 281 g/mol. The van der Waals surface area contributed by atoms with Gasteiger partial charge in [0.1, 0.15) is 11.5 Å². The molecule has 1 heterocycles. The molecule has 0 saturated carbocycles. The van der Waals surface area contributed by atoms with Gasteiger partial charge in [-0.3, -0.25) is 4.90 Å². The van der Waals surface area contributed by atoms with Crippen LogP contribution in [0.1, 0.15) is 11.1 Å². The van der Waals surface area contributed by atoms with Crippen molar-refractivity contribution in [3.63, 3.8) is 0 Å². The Morgan fingerprint density at radius 3 is 2.62 bits per heavy atom. The van der Waals surface area contributed by atoms with E-state index in [-0.39, 0.29) is 0 Å². The van der Waals surface area contributed by atoms with Crippen LogP contribution in [0.25, 0.3) is 11.8 Å². The van der Waals surface area contributed by atoms with Crippen LogP contribution in [0.4, 0.5) is 10.5 Å². The van der Waals surface area contributed by atoms with Crippen LogP contribution in [0.2, 0.25) is 0 Å². The van der Waals surface area contributed by atoms with Crippen LogP contribution >= 0.6 is 0 Å². The molecule has 1 aliphatic rings. The van der Waals surface area contributed by atoms with E-state index in [9.17, 15) is 4.79 Å². The summed E-state index contributed by atoms with van der Waals surface area (Å²) in [5, 5.41) is 0. The molecule has 0 N–H and O–H groups in total. The molecule has 106 valence electrons. The van der Waals surface area contributed by atoms with E-state index in [0.29, 0.717) is 5.76 Å². The lowest BCUT2D eigenvalue weighted by Crippen LogP contribution is -2.31. The van der Waals surface area contributed by atoms with Crippen molar-refractivity contribution in [2.45, 2.75) is 0 Å². The van der Waals surface area contributed by atoms with Crippen molar-refractivity contribution in [2.24, 2.45) is 0 Å². The number of rotatable bonds is 2. The predicted octanol–water partition coefficient (Wildman–Crippen LogP) is 3.78. The summed E-state index contributed by atoms with van der Waals surface area (Å²) in [5.41, 5.74) is 2.60. The van der Waals surface area contributed by atoms with E-state index in [4.69, 9.17) is 9.47 Å². The van der Waals surface area contributed by atoms with Crippen molar-refractivity contribution in [1.82, 2.24) is 0 Å². The van der Waals surface area contributed by atoms with Crippen LogP contribution in [0.3, 0.4) is 0 Å². The summed E-state index contributed by atoms with van der Waals surface area (Å²) in [6, 6.07) is 15.3. The van der Waals surface area contributed by atoms with E-state index in [0.717, 1.165) is 22.6 Å². The molecule has 0 unspecified atom stereocenters. The molecule has 0 saturated heterocycles. The molecule has 0 radical (unpaired) electrons. The molecule has 0 fully saturated rings. The molecule has 2 aromatic carbocycles. The zero-order valence-electron chi connectivity index (χ0n) is 11.9. The maximum atomic E-state index is 11.9. The van der Waals surface area contributed by atoms with Crippen LogP contribution in [0, 0.1) is 0 Å². The lowest BCUT2D eigenvalue weighted by atomic mass is 10.1. The van der Waals surface area contributed by atoms with Gasteiger partial charge in [0.05, 0.1) is 12.8 Å². The number of carbonyl (C=O) groups is 1. The first-order valence-electron chi connectivity index (χ1n) is 6.60. The average molecular weight is 281 g/mol. The van der Waals surface area contributed by atoms with Gasteiger partial charge in [-0.15, -0.1) is 0 Å². The third kappa shape index (κ3) is 2.48. The van der Waals surface area contributed by atoms with Gasteiger partial charge in [-0.25, -0.2) is 4.79 Å². The molecule has 0 bridgehead atoms. The summed E-state index contributed by atoms with van der Waals surface area (Å²) in [7, 11) is 3.30. The molecule has 2 aromatic rings. The van der Waals surface area contributed by atoms with Gasteiger partial charge in [0, 0.05) is 12.6 Å². The third-order valence-corrected chi connectivity index (χ3v) is 3.40. The summed E-state index contributed by atoms with van der Waals surface area (Å²) >= 11 is 0. The molecule has 4 heteroatoms. The van der Waals surface area contributed by atoms with E-state index >= 15 is 0 Å². The number of methoxy groups -OCH3 is 1. The maximum Gasteiger partial charge on any atom is 0.419 e. The minimum absolute atomic E-state index is 0.394. The number of nitrogens with zero attached hydrogens (tertiary/aromatic N) is 1. The Balaban J connectivity index is 2.13. The Bertz CT molecular complexity index is 707. The molecule has 1 aliphatic heterocycles. The zero-order valence-corrected chi connectivity index (χ0v) is 11.9. The van der Waals surface area contributed by atoms with Gasteiger partial charge in [0.15, 0.2) is 0 Å². The summed E-state index contributed by atoms with van der Waals surface area (Å²) in [5.74, 6) is 1.25. The van der Waals surface area contributed by atoms with Crippen LogP contribution in [-0.2, 0) is 4.74 Å². The highest BCUT2D eigenvalue weighted by Crippen LogP contribution is 2.36. The van der Waals surface area contributed by atoms with Gasteiger partial charge in [-0.05, 0) is 29.8 Å². The van der Waals surface area contributed by atoms with E-state index in [1.165, 1.54) is 4.90 Å². The highest BCUT2D eigenvalue weighted by molar-refractivity contribution is 6.01. The van der Waals surface area contributed by atoms with Crippen molar-refractivity contribution in [3.05, 3.63) is 59.7 Å². The molecular weight excluding hydrogens is 266 g/mol. The molecule has 0 atom stereocenters. The molecule has 3 rings (SSSR count). The van der Waals surface area contributed by atoms with Crippen molar-refractivity contribution in [2.75, 3.05) is 19.1 Å². The van der Waals surface area contributed by atoms with E-state index in [1.807, 2.05) is 54.6 Å². The van der Waals surface area contributed by atoms with Gasteiger partial charge in [-0.1, -0.05) is 30.3 Å². The number of benzene rings is 2. The van der Waals surface area contributed by atoms with Gasteiger partial charge in [-0.2, -0.15) is 0 Å². The topological polar surface area (TPSA) is 38.8 Å². The van der Waals surface area contributed by atoms with Crippen LogP contribution in [0.15, 0.2) is 48.5 Å². The number of hydrogen-bond acceptors (Lipinski definition) is 3. The fourth-order valence-corrected chi connectivity index (χ4v) is 2.26. The Morgan fingerprint density at radius 1 is 1.14 bits per heavy atom. The van der Waals surface area contributed by atoms with E-state index in [1.54, 1.807) is 14.2 Å². The number of ether oxygens (including phenoxy) is 2. The quantitative estimate of drug-likeness (QED) is 0.841. The SMILES string of the molecule is COc1ccc2c(c1)/C(=C/c1ccccc1)OC(=O)N2C. The average Bonchev–Trinajstić information content (AvgIpc) is 2.53. The summed E-state index contributed by atoms with van der Waals surface area (Å²) in [6.07, 6.45) is 1.46. The van der Waals surface area contributed by atoms with Crippen molar-refractivity contribution < 1.29 is 14.3 Å². The van der Waals surface area contributed by atoms with Gasteiger partial charge < -0.3 is 9.47 Å². The highest BCUT2D eigenvalue weighted by Gasteiger charge is 2.26. The fraction of sp³-hybridized carbons (Fsp3) is 0.118. The Hall–Kier alpha value is -2.75. The Labute approximate surface area is 123 Å². The Morgan fingerprint density at radius 2 is 1.90 bits per heavy atom. The molecule has 0 aromatic heterocycles. The second kappa shape index (κ2) is 5.32. The summed E-state index contributed by atoms with van der Waals surface area (Å²) in [6.45, 7) is 0. The number of cyclic esters (lactones) is 1. The lowest BCUT2D eigenvalue weighted by Gasteiger charge is -2.27. The highest BCUT2D eigenvalue weighted by atomic mass is 16.6. The second-order valence-corrected chi connectivity index (χ2v) is 4.73. The largest absolute Gasteiger partial charge is 0.497 e. The van der Waals surface area contributed by atoms with Gasteiger partial charge >= 0.3 is 6.09 Å². The number of fused-ring (bicyclic) bond motifs is 1. The van der Waals surface area contributed by atoms with Gasteiger partial charge in [0.25, 0.3) is 0 Å². The standard InChI is InChI=1S/C17H15NO3/c1-18-15-9-8-13(20-2)11-14(15)16(21-17(18)19)10-12-6-4-3-5-7-12/h3-11H,1-2H3/b16-10-. The summed E-state index contributed by atoms with van der Waals surface area (Å²) in [4.78, 5) is 13.4. The van der Waals surface area contributed by atoms with Crippen molar-refractivity contribution >= 4 is 23.6 Å². The van der Waals surface area contributed by atoms with Crippen molar-refractivity contribution in [3.8, 4) is 5.75 Å². The predicted molar refractivity (Wildman–Crippen MR) is 82.2 cm³/mol. The first-order chi connectivity index (χ1) is 10.2. The second-order valence-electron chi connectivity index (χ2n) is 4.73. The molecule has 21 heavy (non-hydrogen) atoms.